The van der Waals surface area contributed by atoms with E-state index in [1.807, 2.05) is 13.0 Å². The minimum atomic E-state index is -3.73. The quantitative estimate of drug-likeness (QED) is 0.457. The molecule has 8 nitrogen and oxygen atoms in total. The summed E-state index contributed by atoms with van der Waals surface area (Å²) in [6, 6.07) is 10.5. The molecule has 4 rings (SSSR count). The number of aromatic nitrogens is 3. The van der Waals surface area contributed by atoms with Crippen LogP contribution in [0.4, 0.5) is 0 Å². The van der Waals surface area contributed by atoms with Gasteiger partial charge >= 0.3 is 0 Å². The Balaban J connectivity index is 1.36. The highest BCUT2D eigenvalue weighted by Crippen LogP contribution is 2.39. The van der Waals surface area contributed by atoms with Crippen LogP contribution in [-0.2, 0) is 21.2 Å². The summed E-state index contributed by atoms with van der Waals surface area (Å²) in [5, 5.41) is 19.6. The molecule has 0 saturated heterocycles. The van der Waals surface area contributed by atoms with Crippen molar-refractivity contribution in [3.8, 4) is 0 Å². The number of nitrogens with zero attached hydrogens (tertiary/aromatic N) is 3. The molecule has 3 N–H and O–H groups in total. The van der Waals surface area contributed by atoms with Crippen molar-refractivity contribution in [2.24, 2.45) is 5.14 Å². The molecule has 0 spiro atoms. The van der Waals surface area contributed by atoms with Crippen molar-refractivity contribution in [1.29, 1.82) is 0 Å². The van der Waals surface area contributed by atoms with Crippen molar-refractivity contribution in [3.63, 3.8) is 0 Å². The molecule has 31 heavy (non-hydrogen) atoms. The zero-order valence-corrected chi connectivity index (χ0v) is 19.3. The van der Waals surface area contributed by atoms with Crippen LogP contribution in [0.15, 0.2) is 51.8 Å². The first-order chi connectivity index (χ1) is 14.8. The third-order valence-electron chi connectivity index (χ3n) is 4.98. The number of thioether (sulfide) groups is 1. The monoisotopic (exact) mass is 477 g/mol. The smallest absolute Gasteiger partial charge is 0.238 e. The van der Waals surface area contributed by atoms with Crippen LogP contribution >= 0.6 is 23.1 Å². The topological polar surface area (TPSA) is 120 Å². The molecule has 1 aliphatic carbocycles. The third-order valence-corrected chi connectivity index (χ3v) is 7.73. The molecule has 1 fully saturated rings. The summed E-state index contributed by atoms with van der Waals surface area (Å²) < 4.78 is 24.9. The molecule has 1 amide bonds. The van der Waals surface area contributed by atoms with Crippen LogP contribution in [0, 0.1) is 0 Å². The fraction of sp³-hybridized carbons (Fsp3) is 0.350. The first-order valence-corrected chi connectivity index (χ1v) is 13.2. The van der Waals surface area contributed by atoms with Gasteiger partial charge in [0.05, 0.1) is 16.7 Å². The lowest BCUT2D eigenvalue weighted by Crippen LogP contribution is -2.28. The SMILES string of the molecule is C[C@H](NC(=O)CSc1nnc(Cc2cccs2)n1C1CC1)c1ccc(S(N)(=O)=O)cc1. The van der Waals surface area contributed by atoms with Crippen LogP contribution < -0.4 is 10.5 Å². The number of rotatable bonds is 9. The van der Waals surface area contributed by atoms with E-state index in [0.29, 0.717) is 6.04 Å². The number of sulfonamides is 1. The molecule has 0 bridgehead atoms. The van der Waals surface area contributed by atoms with Crippen LogP contribution in [0.25, 0.3) is 0 Å². The number of carbonyl (C=O) groups is 1. The number of nitrogens with two attached hydrogens (primary N) is 1. The predicted molar refractivity (Wildman–Crippen MR) is 121 cm³/mol. The fourth-order valence-electron chi connectivity index (χ4n) is 3.24. The number of nitrogens with one attached hydrogen (secondary N) is 1. The lowest BCUT2D eigenvalue weighted by atomic mass is 10.1. The van der Waals surface area contributed by atoms with E-state index in [1.54, 1.807) is 23.5 Å². The Morgan fingerprint density at radius 2 is 2.03 bits per heavy atom. The van der Waals surface area contributed by atoms with Crippen molar-refractivity contribution in [1.82, 2.24) is 20.1 Å². The summed E-state index contributed by atoms with van der Waals surface area (Å²) in [5.74, 6) is 1.04. The number of carbonyl (C=O) groups excluding carboxylic acids is 1. The Labute approximate surface area is 189 Å². The van der Waals surface area contributed by atoms with Crippen molar-refractivity contribution in [3.05, 3.63) is 58.0 Å². The molecule has 1 aromatic carbocycles. The van der Waals surface area contributed by atoms with Crippen molar-refractivity contribution >= 4 is 39.0 Å². The van der Waals surface area contributed by atoms with Gasteiger partial charge in [-0.25, -0.2) is 13.6 Å². The van der Waals surface area contributed by atoms with E-state index in [0.717, 1.165) is 35.8 Å². The average Bonchev–Trinajstić information content (AvgIpc) is 3.28. The van der Waals surface area contributed by atoms with Gasteiger partial charge in [-0.15, -0.1) is 21.5 Å². The Morgan fingerprint density at radius 1 is 1.29 bits per heavy atom. The van der Waals surface area contributed by atoms with E-state index in [2.05, 4.69) is 31.5 Å². The number of thiophene rings is 1. The van der Waals surface area contributed by atoms with Gasteiger partial charge in [-0.2, -0.15) is 0 Å². The average molecular weight is 478 g/mol. The van der Waals surface area contributed by atoms with E-state index in [1.165, 1.54) is 28.8 Å². The largest absolute Gasteiger partial charge is 0.349 e. The zero-order valence-electron chi connectivity index (χ0n) is 16.9. The summed E-state index contributed by atoms with van der Waals surface area (Å²) >= 11 is 3.09. The summed E-state index contributed by atoms with van der Waals surface area (Å²) in [5.41, 5.74) is 0.796. The van der Waals surface area contributed by atoms with Crippen LogP contribution in [0.5, 0.6) is 0 Å². The van der Waals surface area contributed by atoms with E-state index in [9.17, 15) is 13.2 Å². The number of benzene rings is 1. The van der Waals surface area contributed by atoms with Gasteiger partial charge in [0.1, 0.15) is 5.82 Å². The number of hydrogen-bond acceptors (Lipinski definition) is 7. The van der Waals surface area contributed by atoms with E-state index >= 15 is 0 Å². The second-order valence-corrected chi connectivity index (χ2v) is 11.0. The van der Waals surface area contributed by atoms with E-state index in [-0.39, 0.29) is 22.6 Å². The van der Waals surface area contributed by atoms with Crippen molar-refractivity contribution < 1.29 is 13.2 Å². The van der Waals surface area contributed by atoms with Gasteiger partial charge in [0.2, 0.25) is 15.9 Å². The molecule has 1 aliphatic rings. The molecule has 0 unspecified atom stereocenters. The molecule has 0 aliphatic heterocycles. The third kappa shape index (κ3) is 5.53. The summed E-state index contributed by atoms with van der Waals surface area (Å²) in [6.45, 7) is 1.85. The minimum absolute atomic E-state index is 0.0445. The van der Waals surface area contributed by atoms with Gasteiger partial charge in [-0.1, -0.05) is 30.0 Å². The highest BCUT2D eigenvalue weighted by atomic mass is 32.2. The minimum Gasteiger partial charge on any atom is -0.349 e. The van der Waals surface area contributed by atoms with Gasteiger partial charge in [0.25, 0.3) is 0 Å². The first kappa shape index (κ1) is 22.0. The summed E-state index contributed by atoms with van der Waals surface area (Å²) in [4.78, 5) is 13.8. The van der Waals surface area contributed by atoms with Crippen molar-refractivity contribution in [2.45, 2.75) is 48.3 Å². The molecule has 164 valence electrons. The molecule has 1 atom stereocenters. The highest BCUT2D eigenvalue weighted by Gasteiger charge is 2.30. The fourth-order valence-corrected chi connectivity index (χ4v) is 5.29. The number of hydrogen-bond donors (Lipinski definition) is 2. The van der Waals surface area contributed by atoms with Gasteiger partial charge < -0.3 is 9.88 Å². The maximum absolute atomic E-state index is 12.5. The maximum Gasteiger partial charge on any atom is 0.238 e. The van der Waals surface area contributed by atoms with Gasteiger partial charge in [-0.05, 0) is 48.9 Å². The Bertz CT molecular complexity index is 1150. The molecular formula is C20H23N5O3S3. The zero-order chi connectivity index (χ0) is 22.0. The molecule has 1 saturated carbocycles. The molecule has 11 heteroatoms. The number of primary sulfonamides is 1. The van der Waals surface area contributed by atoms with Gasteiger partial charge in [0.15, 0.2) is 5.16 Å². The van der Waals surface area contributed by atoms with Gasteiger partial charge in [0, 0.05) is 17.3 Å². The molecule has 2 aromatic heterocycles. The Morgan fingerprint density at radius 3 is 2.65 bits per heavy atom. The second kappa shape index (κ2) is 9.11. The summed E-state index contributed by atoms with van der Waals surface area (Å²) in [7, 11) is -3.73. The van der Waals surface area contributed by atoms with Crippen LogP contribution in [-0.4, -0.2) is 34.8 Å². The summed E-state index contributed by atoms with van der Waals surface area (Å²) in [6.07, 6.45) is 2.97. The Kier molecular flexibility index (Phi) is 6.47. The second-order valence-electron chi connectivity index (χ2n) is 7.45. The first-order valence-electron chi connectivity index (χ1n) is 9.82. The van der Waals surface area contributed by atoms with E-state index in [4.69, 9.17) is 5.14 Å². The Hall–Kier alpha value is -2.21. The van der Waals surface area contributed by atoms with Crippen molar-refractivity contribution in [2.75, 3.05) is 5.75 Å². The lowest BCUT2D eigenvalue weighted by Gasteiger charge is -2.15. The molecule has 2 heterocycles. The standard InChI is InChI=1S/C20H23N5O3S3/c1-13(14-4-8-17(9-5-14)31(21,27)28)22-19(26)12-30-20-24-23-18(25(20)15-6-7-15)11-16-3-2-10-29-16/h2-5,8-10,13,15H,6-7,11-12H2,1H3,(H,22,26)(H2,21,27,28)/t13-/m0/s1. The van der Waals surface area contributed by atoms with Crippen LogP contribution in [0.1, 0.15) is 48.1 Å². The normalized spacial score (nSPS) is 15.0. The van der Waals surface area contributed by atoms with E-state index < -0.39 is 10.0 Å². The highest BCUT2D eigenvalue weighted by molar-refractivity contribution is 7.99. The maximum atomic E-state index is 12.5. The predicted octanol–water partition coefficient (Wildman–Crippen LogP) is 2.88. The van der Waals surface area contributed by atoms with Crippen LogP contribution in [0.2, 0.25) is 0 Å². The molecule has 0 radical (unpaired) electrons. The van der Waals surface area contributed by atoms with Gasteiger partial charge in [-0.3, -0.25) is 4.79 Å². The molecule has 3 aromatic rings. The number of amides is 1. The van der Waals surface area contributed by atoms with Crippen LogP contribution in [0.3, 0.4) is 0 Å². The lowest BCUT2D eigenvalue weighted by molar-refractivity contribution is -0.119. The molecular weight excluding hydrogens is 454 g/mol.